The van der Waals surface area contributed by atoms with Crippen LogP contribution in [0.2, 0.25) is 0 Å². The van der Waals surface area contributed by atoms with Crippen LogP contribution in [-0.4, -0.2) is 56.4 Å². The molecule has 0 radical (unpaired) electrons. The Morgan fingerprint density at radius 2 is 1.83 bits per heavy atom. The van der Waals surface area contributed by atoms with E-state index in [0.717, 1.165) is 25.9 Å². The predicted molar refractivity (Wildman–Crippen MR) is 83.8 cm³/mol. The number of carbonyl (C=O) groups excluding carboxylic acids is 3. The third-order valence-electron chi connectivity index (χ3n) is 3.36. The number of piperidine rings is 1. The van der Waals surface area contributed by atoms with Gasteiger partial charge < -0.3 is 25.4 Å². The van der Waals surface area contributed by atoms with E-state index in [1.807, 2.05) is 0 Å². The first-order chi connectivity index (χ1) is 10.7. The lowest BCUT2D eigenvalue weighted by Gasteiger charge is -2.25. The Balaban J connectivity index is 2.53. The number of amides is 2. The summed E-state index contributed by atoms with van der Waals surface area (Å²) in [7, 11) is 1.24. The molecular formula is C15H27N3O5. The highest BCUT2D eigenvalue weighted by Gasteiger charge is 2.28. The normalized spacial score (nSPS) is 17.0. The number of ether oxygens (including phenoxy) is 2. The van der Waals surface area contributed by atoms with E-state index >= 15 is 0 Å². The van der Waals surface area contributed by atoms with Gasteiger partial charge in [0, 0.05) is 5.92 Å². The molecule has 1 unspecified atom stereocenters. The van der Waals surface area contributed by atoms with Crippen LogP contribution >= 0.6 is 0 Å². The number of rotatable bonds is 5. The van der Waals surface area contributed by atoms with E-state index in [2.05, 4.69) is 20.7 Å². The fourth-order valence-electron chi connectivity index (χ4n) is 2.21. The van der Waals surface area contributed by atoms with Crippen LogP contribution in [0.25, 0.3) is 0 Å². The number of alkyl carbamates (subject to hydrolysis) is 1. The lowest BCUT2D eigenvalue weighted by Crippen LogP contribution is -2.51. The van der Waals surface area contributed by atoms with E-state index in [0.29, 0.717) is 0 Å². The first kappa shape index (κ1) is 19.2. The minimum Gasteiger partial charge on any atom is -0.467 e. The lowest BCUT2D eigenvalue weighted by molar-refractivity contribution is -0.145. The van der Waals surface area contributed by atoms with Crippen LogP contribution in [0.3, 0.4) is 0 Å². The predicted octanol–water partition coefficient (Wildman–Crippen LogP) is 0.169. The Labute approximate surface area is 136 Å². The molecule has 0 aromatic heterocycles. The Morgan fingerprint density at radius 3 is 2.35 bits per heavy atom. The van der Waals surface area contributed by atoms with Gasteiger partial charge in [-0.3, -0.25) is 4.79 Å². The third-order valence-corrected chi connectivity index (χ3v) is 3.36. The summed E-state index contributed by atoms with van der Waals surface area (Å²) in [4.78, 5) is 35.7. The Morgan fingerprint density at radius 1 is 1.22 bits per heavy atom. The maximum atomic E-state index is 12.2. The number of hydrogen-bond donors (Lipinski definition) is 3. The Hall–Kier alpha value is -1.83. The standard InChI is InChI=1S/C15H27N3O5/c1-15(2,3)23-14(21)17-9-11(13(20)22-4)18-12(19)10-5-7-16-8-6-10/h10-11,16H,5-9H2,1-4H3,(H,17,21)(H,18,19). The molecule has 23 heavy (non-hydrogen) atoms. The Bertz CT molecular complexity index is 427. The van der Waals surface area contributed by atoms with Gasteiger partial charge in [0.1, 0.15) is 11.6 Å². The summed E-state index contributed by atoms with van der Waals surface area (Å²) >= 11 is 0. The van der Waals surface area contributed by atoms with Crippen molar-refractivity contribution in [2.75, 3.05) is 26.7 Å². The number of carbonyl (C=O) groups is 3. The molecule has 1 aliphatic rings. The van der Waals surface area contributed by atoms with Crippen LogP contribution in [0.5, 0.6) is 0 Å². The van der Waals surface area contributed by atoms with Crippen LogP contribution in [0.15, 0.2) is 0 Å². The molecular weight excluding hydrogens is 302 g/mol. The van der Waals surface area contributed by atoms with E-state index in [1.54, 1.807) is 20.8 Å². The minimum atomic E-state index is -0.935. The zero-order valence-corrected chi connectivity index (χ0v) is 14.2. The van der Waals surface area contributed by atoms with Gasteiger partial charge in [0.2, 0.25) is 5.91 Å². The maximum absolute atomic E-state index is 12.2. The van der Waals surface area contributed by atoms with E-state index in [1.165, 1.54) is 7.11 Å². The SMILES string of the molecule is COC(=O)C(CNC(=O)OC(C)(C)C)NC(=O)C1CCNCC1. The summed E-state index contributed by atoms with van der Waals surface area (Å²) in [5.74, 6) is -0.943. The topological polar surface area (TPSA) is 106 Å². The molecule has 1 heterocycles. The molecule has 1 rings (SSSR count). The average Bonchev–Trinajstić information content (AvgIpc) is 2.49. The number of esters is 1. The highest BCUT2D eigenvalue weighted by molar-refractivity contribution is 5.86. The fourth-order valence-corrected chi connectivity index (χ4v) is 2.21. The number of hydrogen-bond acceptors (Lipinski definition) is 6. The zero-order chi connectivity index (χ0) is 17.5. The van der Waals surface area contributed by atoms with Crippen molar-refractivity contribution in [3.05, 3.63) is 0 Å². The van der Waals surface area contributed by atoms with Crippen molar-refractivity contribution >= 4 is 18.0 Å². The molecule has 0 saturated carbocycles. The summed E-state index contributed by atoms with van der Waals surface area (Å²) < 4.78 is 9.78. The zero-order valence-electron chi connectivity index (χ0n) is 14.2. The molecule has 132 valence electrons. The maximum Gasteiger partial charge on any atom is 0.407 e. The largest absolute Gasteiger partial charge is 0.467 e. The molecule has 0 bridgehead atoms. The molecule has 2 amide bonds. The highest BCUT2D eigenvalue weighted by atomic mass is 16.6. The number of nitrogens with one attached hydrogen (secondary N) is 3. The second-order valence-corrected chi connectivity index (χ2v) is 6.49. The summed E-state index contributed by atoms with van der Waals surface area (Å²) in [6.45, 7) is 6.68. The van der Waals surface area contributed by atoms with Gasteiger partial charge in [0.05, 0.1) is 13.7 Å². The van der Waals surface area contributed by atoms with Gasteiger partial charge in [-0.15, -0.1) is 0 Å². The van der Waals surface area contributed by atoms with Gasteiger partial charge >= 0.3 is 12.1 Å². The van der Waals surface area contributed by atoms with Crippen molar-refractivity contribution in [3.8, 4) is 0 Å². The van der Waals surface area contributed by atoms with Crippen LogP contribution in [0, 0.1) is 5.92 Å². The van der Waals surface area contributed by atoms with Gasteiger partial charge in [-0.1, -0.05) is 0 Å². The summed E-state index contributed by atoms with van der Waals surface area (Å²) in [6, 6.07) is -0.935. The molecule has 3 N–H and O–H groups in total. The number of methoxy groups -OCH3 is 1. The molecule has 0 spiro atoms. The van der Waals surface area contributed by atoms with E-state index < -0.39 is 23.7 Å². The summed E-state index contributed by atoms with van der Waals surface area (Å²) in [5.41, 5.74) is -0.636. The van der Waals surface area contributed by atoms with Crippen LogP contribution in [-0.2, 0) is 19.1 Å². The molecule has 1 atom stereocenters. The molecule has 8 heteroatoms. The van der Waals surface area contributed by atoms with E-state index in [-0.39, 0.29) is 18.4 Å². The minimum absolute atomic E-state index is 0.0850. The first-order valence-electron chi connectivity index (χ1n) is 7.78. The van der Waals surface area contributed by atoms with Crippen LogP contribution < -0.4 is 16.0 Å². The second kappa shape index (κ2) is 8.71. The van der Waals surface area contributed by atoms with Gasteiger partial charge in [0.25, 0.3) is 0 Å². The van der Waals surface area contributed by atoms with Crippen molar-refractivity contribution in [2.24, 2.45) is 5.92 Å². The summed E-state index contributed by atoms with van der Waals surface area (Å²) in [5, 5.41) is 8.29. The van der Waals surface area contributed by atoms with Crippen LogP contribution in [0.1, 0.15) is 33.6 Å². The lowest BCUT2D eigenvalue weighted by atomic mass is 9.97. The van der Waals surface area contributed by atoms with Crippen molar-refractivity contribution in [2.45, 2.75) is 45.3 Å². The van der Waals surface area contributed by atoms with Crippen molar-refractivity contribution < 1.29 is 23.9 Å². The fraction of sp³-hybridized carbons (Fsp3) is 0.800. The summed E-state index contributed by atoms with van der Waals surface area (Å²) in [6.07, 6.45) is 0.792. The second-order valence-electron chi connectivity index (χ2n) is 6.49. The van der Waals surface area contributed by atoms with Crippen molar-refractivity contribution in [3.63, 3.8) is 0 Å². The molecule has 0 aromatic carbocycles. The van der Waals surface area contributed by atoms with Crippen molar-refractivity contribution in [1.82, 2.24) is 16.0 Å². The van der Waals surface area contributed by atoms with Gasteiger partial charge in [-0.2, -0.15) is 0 Å². The monoisotopic (exact) mass is 329 g/mol. The van der Waals surface area contributed by atoms with Crippen molar-refractivity contribution in [1.29, 1.82) is 0 Å². The molecule has 1 saturated heterocycles. The molecule has 0 aliphatic carbocycles. The van der Waals surface area contributed by atoms with E-state index in [4.69, 9.17) is 4.74 Å². The van der Waals surface area contributed by atoms with Gasteiger partial charge in [0.15, 0.2) is 0 Å². The Kier molecular flexibility index (Phi) is 7.28. The first-order valence-corrected chi connectivity index (χ1v) is 7.78. The quantitative estimate of drug-likeness (QED) is 0.621. The highest BCUT2D eigenvalue weighted by Crippen LogP contribution is 2.12. The van der Waals surface area contributed by atoms with E-state index in [9.17, 15) is 14.4 Å². The van der Waals surface area contributed by atoms with Crippen LogP contribution in [0.4, 0.5) is 4.79 Å². The third kappa shape index (κ3) is 7.32. The molecule has 1 aliphatic heterocycles. The molecule has 8 nitrogen and oxygen atoms in total. The van der Waals surface area contributed by atoms with Gasteiger partial charge in [-0.05, 0) is 46.7 Å². The van der Waals surface area contributed by atoms with Gasteiger partial charge in [-0.25, -0.2) is 9.59 Å². The molecule has 1 fully saturated rings. The smallest absolute Gasteiger partial charge is 0.407 e. The molecule has 0 aromatic rings. The average molecular weight is 329 g/mol.